The lowest BCUT2D eigenvalue weighted by Crippen LogP contribution is -2.57. The van der Waals surface area contributed by atoms with Crippen LogP contribution < -0.4 is 10.6 Å². The van der Waals surface area contributed by atoms with Crippen LogP contribution in [0.15, 0.2) is 60.7 Å². The molecule has 41 heavy (non-hydrogen) atoms. The Labute approximate surface area is 241 Å². The maximum atomic E-state index is 13.7. The molecule has 2 aliphatic carbocycles. The molecule has 3 unspecified atom stereocenters. The summed E-state index contributed by atoms with van der Waals surface area (Å²) >= 11 is 0. The monoisotopic (exact) mass is 564 g/mol. The number of carbonyl (C=O) groups is 4. The van der Waals surface area contributed by atoms with Gasteiger partial charge in [-0.3, -0.25) is 9.59 Å². The van der Waals surface area contributed by atoms with E-state index in [0.29, 0.717) is 23.8 Å². The maximum Gasteiger partial charge on any atom is 0.408 e. The molecule has 3 N–H and O–H groups in total. The van der Waals surface area contributed by atoms with Gasteiger partial charge < -0.3 is 25.2 Å². The van der Waals surface area contributed by atoms with Gasteiger partial charge in [0, 0.05) is 0 Å². The lowest BCUT2D eigenvalue weighted by Gasteiger charge is -2.30. The predicted octanol–water partition coefficient (Wildman–Crippen LogP) is 4.35. The fourth-order valence-corrected chi connectivity index (χ4v) is 6.86. The molecule has 0 heterocycles. The summed E-state index contributed by atoms with van der Waals surface area (Å²) in [5, 5.41) is 15.4. The van der Waals surface area contributed by atoms with Gasteiger partial charge in [-0.05, 0) is 66.4 Å². The number of aliphatic carboxylic acids is 1. The fraction of sp³-hybridized carbons (Fsp3) is 0.500. The zero-order chi connectivity index (χ0) is 29.6. The number of carbonyl (C=O) groups excluding carboxylic acids is 3. The van der Waals surface area contributed by atoms with Gasteiger partial charge in [0.15, 0.2) is 0 Å². The van der Waals surface area contributed by atoms with Crippen molar-refractivity contribution in [2.24, 2.45) is 29.1 Å². The van der Waals surface area contributed by atoms with Crippen LogP contribution in [-0.4, -0.2) is 48.2 Å². The Balaban J connectivity index is 1.53. The van der Waals surface area contributed by atoms with Crippen LogP contribution in [0.1, 0.15) is 50.7 Å². The highest BCUT2D eigenvalue weighted by atomic mass is 16.5. The summed E-state index contributed by atoms with van der Waals surface area (Å²) in [6.07, 6.45) is 2.67. The first-order valence-electron chi connectivity index (χ1n) is 14.2. The van der Waals surface area contributed by atoms with Gasteiger partial charge in [0.1, 0.15) is 18.7 Å². The molecule has 9 heteroatoms. The average Bonchev–Trinajstić information content (AvgIpc) is 3.39. The first kappa shape index (κ1) is 30.1. The summed E-state index contributed by atoms with van der Waals surface area (Å²) < 4.78 is 10.3. The molecular weight excluding hydrogens is 524 g/mol. The molecule has 2 saturated carbocycles. The standard InChI is InChI=1S/C32H40N2O7/c1-32(2)23-14-15-25(32)22(17-23)18-26(30(38)40-3)33-28(35)27(24(29(36)37)16-20-10-6-4-7-11-20)34-31(39)41-19-21-12-8-5-9-13-21/h4-13,22-27H,14-19H2,1-3H3,(H,33,35)(H,34,39)(H,36,37)/t22-,23?,24?,25?,26+,27+/m1/s1. The van der Waals surface area contributed by atoms with E-state index in [1.54, 1.807) is 54.6 Å². The summed E-state index contributed by atoms with van der Waals surface area (Å²) in [7, 11) is 1.26. The quantitative estimate of drug-likeness (QED) is 0.327. The van der Waals surface area contributed by atoms with Gasteiger partial charge in [0.2, 0.25) is 5.91 Å². The van der Waals surface area contributed by atoms with Crippen LogP contribution >= 0.6 is 0 Å². The van der Waals surface area contributed by atoms with Gasteiger partial charge in [-0.25, -0.2) is 9.59 Å². The van der Waals surface area contributed by atoms with Gasteiger partial charge in [0.05, 0.1) is 13.0 Å². The number of methoxy groups -OCH3 is 1. The third kappa shape index (κ3) is 7.26. The highest BCUT2D eigenvalue weighted by Gasteiger charge is 2.53. The average molecular weight is 565 g/mol. The van der Waals surface area contributed by atoms with E-state index in [1.165, 1.54) is 13.5 Å². The van der Waals surface area contributed by atoms with Crippen molar-refractivity contribution in [2.45, 2.75) is 64.6 Å². The van der Waals surface area contributed by atoms with Crippen LogP contribution in [-0.2, 0) is 36.9 Å². The number of ether oxygens (including phenoxy) is 2. The summed E-state index contributed by atoms with van der Waals surface area (Å²) in [6.45, 7) is 4.48. The smallest absolute Gasteiger partial charge is 0.408 e. The van der Waals surface area contributed by atoms with E-state index in [2.05, 4.69) is 24.5 Å². The molecule has 2 aromatic rings. The van der Waals surface area contributed by atoms with E-state index in [9.17, 15) is 24.3 Å². The number of hydrogen-bond donors (Lipinski definition) is 3. The van der Waals surface area contributed by atoms with Crippen LogP contribution in [0.2, 0.25) is 0 Å². The summed E-state index contributed by atoms with van der Waals surface area (Å²) in [5.41, 5.74) is 1.60. The Kier molecular flexibility index (Phi) is 9.68. The number of amides is 2. The molecule has 2 amide bonds. The fourth-order valence-electron chi connectivity index (χ4n) is 6.86. The number of rotatable bonds is 12. The third-order valence-corrected chi connectivity index (χ3v) is 9.12. The number of esters is 1. The van der Waals surface area contributed by atoms with Crippen LogP contribution in [0.4, 0.5) is 4.79 Å². The highest BCUT2D eigenvalue weighted by Crippen LogP contribution is 2.61. The van der Waals surface area contributed by atoms with Crippen LogP contribution in [0.25, 0.3) is 0 Å². The van der Waals surface area contributed by atoms with Crippen LogP contribution in [0.3, 0.4) is 0 Å². The molecule has 0 radical (unpaired) electrons. The molecule has 220 valence electrons. The molecule has 6 atom stereocenters. The number of alkyl carbamates (subject to hydrolysis) is 1. The first-order chi connectivity index (χ1) is 19.6. The zero-order valence-electron chi connectivity index (χ0n) is 23.9. The Morgan fingerprint density at radius 2 is 1.59 bits per heavy atom. The van der Waals surface area contributed by atoms with E-state index in [-0.39, 0.29) is 24.4 Å². The molecule has 0 aromatic heterocycles. The Morgan fingerprint density at radius 3 is 2.12 bits per heavy atom. The van der Waals surface area contributed by atoms with Crippen LogP contribution in [0, 0.1) is 29.1 Å². The van der Waals surface area contributed by atoms with Crippen molar-refractivity contribution in [2.75, 3.05) is 7.11 Å². The zero-order valence-corrected chi connectivity index (χ0v) is 23.9. The van der Waals surface area contributed by atoms with Crippen molar-refractivity contribution in [1.29, 1.82) is 0 Å². The SMILES string of the molecule is COC(=O)[C@H](C[C@H]1CC2CCC1C2(C)C)NC(=O)[C@@H](NC(=O)OCc1ccccc1)C(Cc1ccccc1)C(=O)O. The normalized spacial score (nSPS) is 22.7. The number of carboxylic acid groups (broad SMARTS) is 1. The topological polar surface area (TPSA) is 131 Å². The van der Waals surface area contributed by atoms with Gasteiger partial charge in [-0.15, -0.1) is 0 Å². The molecule has 2 fully saturated rings. The molecular formula is C32H40N2O7. The largest absolute Gasteiger partial charge is 0.481 e. The van der Waals surface area contributed by atoms with E-state index in [1.807, 2.05) is 6.07 Å². The lowest BCUT2D eigenvalue weighted by atomic mass is 9.78. The summed E-state index contributed by atoms with van der Waals surface area (Å²) in [4.78, 5) is 51.8. The Morgan fingerprint density at radius 1 is 0.951 bits per heavy atom. The second kappa shape index (κ2) is 13.2. The number of carboxylic acids is 1. The van der Waals surface area contributed by atoms with Crippen LogP contribution in [0.5, 0.6) is 0 Å². The highest BCUT2D eigenvalue weighted by molar-refractivity contribution is 5.93. The third-order valence-electron chi connectivity index (χ3n) is 9.12. The number of nitrogens with one attached hydrogen (secondary N) is 2. The minimum Gasteiger partial charge on any atom is -0.481 e. The second-order valence-electron chi connectivity index (χ2n) is 11.8. The van der Waals surface area contributed by atoms with Crippen molar-refractivity contribution < 1.29 is 33.8 Å². The molecule has 4 rings (SSSR count). The van der Waals surface area contributed by atoms with Crippen molar-refractivity contribution in [3.8, 4) is 0 Å². The van der Waals surface area contributed by atoms with E-state index >= 15 is 0 Å². The first-order valence-corrected chi connectivity index (χ1v) is 14.2. The molecule has 0 saturated heterocycles. The number of fused-ring (bicyclic) bond motifs is 2. The number of benzene rings is 2. The summed E-state index contributed by atoms with van der Waals surface area (Å²) in [5.74, 6) is -2.72. The van der Waals surface area contributed by atoms with E-state index in [0.717, 1.165) is 18.4 Å². The van der Waals surface area contributed by atoms with Gasteiger partial charge in [-0.2, -0.15) is 0 Å². The lowest BCUT2D eigenvalue weighted by molar-refractivity contribution is -0.148. The van der Waals surface area contributed by atoms with Crippen molar-refractivity contribution >= 4 is 23.9 Å². The van der Waals surface area contributed by atoms with Crippen molar-refractivity contribution in [3.05, 3.63) is 71.8 Å². The number of hydrogen-bond acceptors (Lipinski definition) is 6. The summed E-state index contributed by atoms with van der Waals surface area (Å²) in [6, 6.07) is 15.4. The van der Waals surface area contributed by atoms with Crippen molar-refractivity contribution in [1.82, 2.24) is 10.6 Å². The van der Waals surface area contributed by atoms with E-state index in [4.69, 9.17) is 9.47 Å². The van der Waals surface area contributed by atoms with Crippen molar-refractivity contribution in [3.63, 3.8) is 0 Å². The second-order valence-corrected chi connectivity index (χ2v) is 11.8. The molecule has 9 nitrogen and oxygen atoms in total. The molecule has 2 aromatic carbocycles. The van der Waals surface area contributed by atoms with Gasteiger partial charge >= 0.3 is 18.0 Å². The Bertz CT molecular complexity index is 1220. The van der Waals surface area contributed by atoms with Gasteiger partial charge in [-0.1, -0.05) is 74.5 Å². The molecule has 0 spiro atoms. The molecule has 2 aliphatic rings. The molecule has 0 aliphatic heterocycles. The predicted molar refractivity (Wildman–Crippen MR) is 151 cm³/mol. The van der Waals surface area contributed by atoms with Gasteiger partial charge in [0.25, 0.3) is 0 Å². The minimum atomic E-state index is -1.50. The Hall–Kier alpha value is -3.88. The van der Waals surface area contributed by atoms with E-state index < -0.39 is 41.9 Å². The minimum absolute atomic E-state index is 0.0172. The molecule has 2 bridgehead atoms. The maximum absolute atomic E-state index is 13.7.